The number of nitrogens with zero attached hydrogens (tertiary/aromatic N) is 1. The van der Waals surface area contributed by atoms with Crippen LogP contribution in [0.4, 0.5) is 0 Å². The number of aryl methyl sites for hydroxylation is 1. The Hall–Kier alpha value is -2.53. The van der Waals surface area contributed by atoms with Crippen molar-refractivity contribution in [2.45, 2.75) is 25.2 Å². The predicted octanol–water partition coefficient (Wildman–Crippen LogP) is 4.00. The van der Waals surface area contributed by atoms with Gasteiger partial charge in [-0.25, -0.2) is 0 Å². The summed E-state index contributed by atoms with van der Waals surface area (Å²) in [4.78, 5) is 26.0. The van der Waals surface area contributed by atoms with Gasteiger partial charge in [0, 0.05) is 30.5 Å². The highest BCUT2D eigenvalue weighted by atomic mass is 35.5. The first kappa shape index (κ1) is 20.2. The van der Waals surface area contributed by atoms with Crippen molar-refractivity contribution in [1.29, 1.82) is 0 Å². The smallest absolute Gasteiger partial charge is 0.308 e. The van der Waals surface area contributed by atoms with Gasteiger partial charge >= 0.3 is 5.97 Å². The number of ether oxygens (including phenoxy) is 1. The number of carboxylic acid groups (broad SMARTS) is 1. The molecule has 2 aromatic rings. The van der Waals surface area contributed by atoms with E-state index in [2.05, 4.69) is 0 Å². The van der Waals surface area contributed by atoms with E-state index >= 15 is 0 Å². The minimum atomic E-state index is -0.867. The third-order valence-electron chi connectivity index (χ3n) is 5.30. The molecule has 0 spiro atoms. The van der Waals surface area contributed by atoms with Gasteiger partial charge in [-0.05, 0) is 48.2 Å². The third kappa shape index (κ3) is 4.84. The second-order valence-electron chi connectivity index (χ2n) is 7.10. The lowest BCUT2D eigenvalue weighted by molar-refractivity contribution is -0.141. The number of rotatable bonds is 7. The van der Waals surface area contributed by atoms with Crippen molar-refractivity contribution >= 4 is 23.5 Å². The van der Waals surface area contributed by atoms with E-state index in [4.69, 9.17) is 16.3 Å². The van der Waals surface area contributed by atoms with Crippen LogP contribution < -0.4 is 4.74 Å². The molecule has 28 heavy (non-hydrogen) atoms. The summed E-state index contributed by atoms with van der Waals surface area (Å²) in [5, 5.41) is 10.2. The van der Waals surface area contributed by atoms with Crippen LogP contribution in [0.25, 0.3) is 0 Å². The van der Waals surface area contributed by atoms with Crippen molar-refractivity contribution in [3.8, 4) is 5.75 Å². The second-order valence-corrected chi connectivity index (χ2v) is 7.54. The molecular weight excluding hydrogens is 378 g/mol. The number of likely N-dealkylation sites (tertiary alicyclic amines) is 1. The molecule has 1 amide bonds. The number of amides is 1. The molecule has 0 saturated carbocycles. The average Bonchev–Trinajstić information content (AvgIpc) is 3.15. The van der Waals surface area contributed by atoms with E-state index in [0.29, 0.717) is 18.0 Å². The van der Waals surface area contributed by atoms with Gasteiger partial charge in [0.1, 0.15) is 5.75 Å². The van der Waals surface area contributed by atoms with E-state index in [1.807, 2.05) is 36.4 Å². The number of aliphatic carboxylic acids is 1. The number of methoxy groups -OCH3 is 1. The van der Waals surface area contributed by atoms with Crippen LogP contribution in [0.3, 0.4) is 0 Å². The number of hydrogen-bond acceptors (Lipinski definition) is 3. The molecular formula is C22H24ClNO4. The van der Waals surface area contributed by atoms with E-state index in [-0.39, 0.29) is 18.4 Å². The van der Waals surface area contributed by atoms with Gasteiger partial charge in [0.2, 0.25) is 5.91 Å². The molecule has 0 aromatic heterocycles. The number of carbonyl (C=O) groups is 2. The van der Waals surface area contributed by atoms with Gasteiger partial charge in [0.25, 0.3) is 0 Å². The lowest BCUT2D eigenvalue weighted by Gasteiger charge is -2.16. The van der Waals surface area contributed by atoms with Gasteiger partial charge in [-0.1, -0.05) is 35.9 Å². The van der Waals surface area contributed by atoms with Crippen LogP contribution in [0.1, 0.15) is 29.9 Å². The second kappa shape index (κ2) is 9.11. The zero-order chi connectivity index (χ0) is 20.1. The molecule has 2 atom stereocenters. The Bertz CT molecular complexity index is 819. The zero-order valence-corrected chi connectivity index (χ0v) is 16.6. The van der Waals surface area contributed by atoms with Crippen LogP contribution in [-0.4, -0.2) is 42.1 Å². The van der Waals surface area contributed by atoms with Crippen LogP contribution in [0.2, 0.25) is 5.02 Å². The largest absolute Gasteiger partial charge is 0.497 e. The molecule has 0 radical (unpaired) electrons. The maximum atomic E-state index is 12.6. The van der Waals surface area contributed by atoms with Gasteiger partial charge in [0.05, 0.1) is 13.0 Å². The zero-order valence-electron chi connectivity index (χ0n) is 15.8. The Morgan fingerprint density at radius 2 is 1.79 bits per heavy atom. The molecule has 3 rings (SSSR count). The average molecular weight is 402 g/mol. The fourth-order valence-corrected chi connectivity index (χ4v) is 3.83. The van der Waals surface area contributed by atoms with E-state index in [1.165, 1.54) is 0 Å². The normalized spacial score (nSPS) is 18.9. The van der Waals surface area contributed by atoms with Crippen molar-refractivity contribution in [1.82, 2.24) is 4.90 Å². The summed E-state index contributed by atoms with van der Waals surface area (Å²) in [6, 6.07) is 15.0. The molecule has 0 unspecified atom stereocenters. The quantitative estimate of drug-likeness (QED) is 0.761. The molecule has 5 nitrogen and oxygen atoms in total. The Kier molecular flexibility index (Phi) is 6.57. The Morgan fingerprint density at radius 1 is 1.11 bits per heavy atom. The number of carboxylic acids is 1. The van der Waals surface area contributed by atoms with E-state index < -0.39 is 11.9 Å². The van der Waals surface area contributed by atoms with E-state index in [9.17, 15) is 14.7 Å². The number of benzene rings is 2. The fourth-order valence-electron chi connectivity index (χ4n) is 3.70. The van der Waals surface area contributed by atoms with Crippen LogP contribution in [0.15, 0.2) is 48.5 Å². The molecule has 1 heterocycles. The summed E-state index contributed by atoms with van der Waals surface area (Å²) in [7, 11) is 1.63. The van der Waals surface area contributed by atoms with E-state index in [1.54, 1.807) is 24.1 Å². The number of carbonyl (C=O) groups excluding carboxylic acids is 1. The maximum absolute atomic E-state index is 12.6. The molecule has 1 aliphatic heterocycles. The van der Waals surface area contributed by atoms with Gasteiger partial charge in [-0.15, -0.1) is 0 Å². The molecule has 0 aliphatic carbocycles. The molecule has 6 heteroatoms. The summed E-state index contributed by atoms with van der Waals surface area (Å²) >= 11 is 5.93. The lowest BCUT2D eigenvalue weighted by Crippen LogP contribution is -2.29. The van der Waals surface area contributed by atoms with Crippen LogP contribution in [0, 0.1) is 5.92 Å². The highest BCUT2D eigenvalue weighted by Gasteiger charge is 2.40. The molecule has 1 saturated heterocycles. The van der Waals surface area contributed by atoms with Gasteiger partial charge in [0.15, 0.2) is 0 Å². The summed E-state index contributed by atoms with van der Waals surface area (Å²) in [6.07, 6.45) is 1.93. The number of halogens is 1. The molecule has 1 N–H and O–H groups in total. The van der Waals surface area contributed by atoms with E-state index in [0.717, 1.165) is 29.7 Å². The monoisotopic (exact) mass is 401 g/mol. The first-order valence-electron chi connectivity index (χ1n) is 9.37. The number of hydrogen-bond donors (Lipinski definition) is 1. The maximum Gasteiger partial charge on any atom is 0.308 e. The highest BCUT2D eigenvalue weighted by Crippen LogP contribution is 2.34. The Morgan fingerprint density at radius 3 is 2.39 bits per heavy atom. The standard InChI is InChI=1S/C22H24ClNO4/c1-28-18-11-5-15(6-12-18)3-2-4-21(25)24-13-19(20(14-24)22(26)27)16-7-9-17(23)10-8-16/h5-12,19-20H,2-4,13-14H2,1H3,(H,26,27)/t19-,20+/m0/s1. The summed E-state index contributed by atoms with van der Waals surface area (Å²) in [6.45, 7) is 0.684. The Labute approximate surface area is 169 Å². The van der Waals surface area contributed by atoms with Crippen LogP contribution >= 0.6 is 11.6 Å². The molecule has 148 valence electrons. The fraction of sp³-hybridized carbons (Fsp3) is 0.364. The van der Waals surface area contributed by atoms with Gasteiger partial charge in [-0.3, -0.25) is 9.59 Å². The van der Waals surface area contributed by atoms with Gasteiger partial charge < -0.3 is 14.7 Å². The van der Waals surface area contributed by atoms with Crippen LogP contribution in [-0.2, 0) is 16.0 Å². The SMILES string of the molecule is COc1ccc(CCCC(=O)N2C[C@@H](C(=O)O)[C@H](c3ccc(Cl)cc3)C2)cc1. The molecule has 1 fully saturated rings. The molecule has 0 bridgehead atoms. The van der Waals surface area contributed by atoms with Crippen molar-refractivity contribution in [2.24, 2.45) is 5.92 Å². The van der Waals surface area contributed by atoms with Crippen molar-refractivity contribution in [3.63, 3.8) is 0 Å². The minimum Gasteiger partial charge on any atom is -0.497 e. The summed E-state index contributed by atoms with van der Waals surface area (Å²) in [5.74, 6) is -0.846. The minimum absolute atomic E-state index is 0.0104. The van der Waals surface area contributed by atoms with Gasteiger partial charge in [-0.2, -0.15) is 0 Å². The van der Waals surface area contributed by atoms with Crippen LogP contribution in [0.5, 0.6) is 5.75 Å². The first-order valence-corrected chi connectivity index (χ1v) is 9.74. The molecule has 2 aromatic carbocycles. The lowest BCUT2D eigenvalue weighted by atomic mass is 9.89. The highest BCUT2D eigenvalue weighted by molar-refractivity contribution is 6.30. The topological polar surface area (TPSA) is 66.8 Å². The van der Waals surface area contributed by atoms with Crippen molar-refractivity contribution in [3.05, 3.63) is 64.7 Å². The first-order chi connectivity index (χ1) is 13.5. The third-order valence-corrected chi connectivity index (χ3v) is 5.56. The summed E-state index contributed by atoms with van der Waals surface area (Å²) < 4.78 is 5.15. The van der Waals surface area contributed by atoms with Crippen molar-refractivity contribution < 1.29 is 19.4 Å². The van der Waals surface area contributed by atoms with Crippen molar-refractivity contribution in [2.75, 3.05) is 20.2 Å². The summed E-state index contributed by atoms with van der Waals surface area (Å²) in [5.41, 5.74) is 2.06. The Balaban J connectivity index is 1.57. The predicted molar refractivity (Wildman–Crippen MR) is 108 cm³/mol. The molecule has 1 aliphatic rings.